The average Bonchev–Trinajstić information content (AvgIpc) is 2.74. The molecule has 0 unspecified atom stereocenters. The second-order valence-electron chi connectivity index (χ2n) is 7.08. The van der Waals surface area contributed by atoms with E-state index in [0.717, 1.165) is 24.2 Å². The standard InChI is InChI=1S/C24H25N3O4/c1-5-27(6-2)20-12-9-18-13-21(23(30)25-16(4)29)24(31-22(18)14-20)26-19-10-7-17(8-11-19)15(3)28/h7-14H,5-6H2,1-4H3,(H,25,29,30). The SMILES string of the molecule is CCN(CC)c1ccc2cc(C(=O)NC(C)=O)c(=Nc3ccc(C(C)=O)cc3)oc2c1. The van der Waals surface area contributed by atoms with E-state index in [2.05, 4.69) is 29.1 Å². The first kappa shape index (κ1) is 22.0. The van der Waals surface area contributed by atoms with E-state index in [1.54, 1.807) is 30.3 Å². The van der Waals surface area contributed by atoms with Crippen molar-refractivity contribution in [3.05, 3.63) is 65.2 Å². The fraction of sp³-hybridized carbons (Fsp3) is 0.250. The summed E-state index contributed by atoms with van der Waals surface area (Å²) in [5.74, 6) is -1.11. The fourth-order valence-electron chi connectivity index (χ4n) is 3.25. The third kappa shape index (κ3) is 5.06. The predicted octanol–water partition coefficient (Wildman–Crippen LogP) is 3.99. The number of hydrogen-bond donors (Lipinski definition) is 1. The minimum atomic E-state index is -0.593. The Balaban J connectivity index is 2.19. The molecule has 0 aliphatic heterocycles. The molecule has 7 nitrogen and oxygen atoms in total. The summed E-state index contributed by atoms with van der Waals surface area (Å²) >= 11 is 0. The third-order valence-electron chi connectivity index (χ3n) is 4.90. The van der Waals surface area contributed by atoms with Gasteiger partial charge in [0.15, 0.2) is 5.78 Å². The van der Waals surface area contributed by atoms with Gasteiger partial charge >= 0.3 is 0 Å². The van der Waals surface area contributed by atoms with Crippen molar-refractivity contribution >= 4 is 39.9 Å². The number of nitrogens with one attached hydrogen (secondary N) is 1. The molecule has 0 saturated heterocycles. The number of hydrogen-bond acceptors (Lipinski definition) is 6. The molecule has 31 heavy (non-hydrogen) atoms. The first-order chi connectivity index (χ1) is 14.8. The zero-order valence-corrected chi connectivity index (χ0v) is 18.1. The van der Waals surface area contributed by atoms with Crippen LogP contribution in [0.3, 0.4) is 0 Å². The highest BCUT2D eigenvalue weighted by atomic mass is 16.3. The molecule has 7 heteroatoms. The van der Waals surface area contributed by atoms with Gasteiger partial charge < -0.3 is 9.32 Å². The molecule has 0 bridgehead atoms. The van der Waals surface area contributed by atoms with Crippen LogP contribution >= 0.6 is 0 Å². The lowest BCUT2D eigenvalue weighted by atomic mass is 10.1. The second-order valence-corrected chi connectivity index (χ2v) is 7.08. The number of imide groups is 1. The number of fused-ring (bicyclic) bond motifs is 1. The number of anilines is 1. The summed E-state index contributed by atoms with van der Waals surface area (Å²) in [6.07, 6.45) is 0. The van der Waals surface area contributed by atoms with Crippen molar-refractivity contribution in [3.63, 3.8) is 0 Å². The van der Waals surface area contributed by atoms with Crippen molar-refractivity contribution in [3.8, 4) is 0 Å². The van der Waals surface area contributed by atoms with Crippen molar-refractivity contribution < 1.29 is 18.8 Å². The maximum absolute atomic E-state index is 12.6. The molecule has 0 aliphatic carbocycles. The van der Waals surface area contributed by atoms with Crippen LogP contribution in [0.2, 0.25) is 0 Å². The highest BCUT2D eigenvalue weighted by Crippen LogP contribution is 2.22. The van der Waals surface area contributed by atoms with Gasteiger partial charge in [-0.2, -0.15) is 0 Å². The van der Waals surface area contributed by atoms with E-state index in [1.807, 2.05) is 18.2 Å². The van der Waals surface area contributed by atoms with Crippen LogP contribution in [0.1, 0.15) is 48.4 Å². The van der Waals surface area contributed by atoms with E-state index >= 15 is 0 Å². The van der Waals surface area contributed by atoms with Gasteiger partial charge in [0, 0.05) is 42.7 Å². The minimum absolute atomic E-state index is 0.0487. The highest BCUT2D eigenvalue weighted by molar-refractivity contribution is 6.05. The minimum Gasteiger partial charge on any atom is -0.437 e. The lowest BCUT2D eigenvalue weighted by molar-refractivity contribution is -0.118. The van der Waals surface area contributed by atoms with Crippen molar-refractivity contribution in [2.24, 2.45) is 4.99 Å². The Bertz CT molecular complexity index is 1210. The summed E-state index contributed by atoms with van der Waals surface area (Å²) in [5, 5.41) is 2.99. The first-order valence-corrected chi connectivity index (χ1v) is 10.1. The highest BCUT2D eigenvalue weighted by Gasteiger charge is 2.15. The molecule has 0 fully saturated rings. The number of amides is 2. The van der Waals surface area contributed by atoms with Crippen LogP contribution < -0.4 is 15.8 Å². The molecular formula is C24H25N3O4. The maximum atomic E-state index is 12.6. The molecule has 1 N–H and O–H groups in total. The number of carbonyl (C=O) groups is 3. The van der Waals surface area contributed by atoms with Crippen molar-refractivity contribution in [2.45, 2.75) is 27.7 Å². The summed E-state index contributed by atoms with van der Waals surface area (Å²) in [5.41, 5.74) is 2.88. The predicted molar refractivity (Wildman–Crippen MR) is 120 cm³/mol. The van der Waals surface area contributed by atoms with E-state index in [4.69, 9.17) is 4.42 Å². The number of rotatable bonds is 6. The molecule has 0 radical (unpaired) electrons. The Hall–Kier alpha value is -3.74. The van der Waals surface area contributed by atoms with Gasteiger partial charge in [0.25, 0.3) is 5.91 Å². The molecule has 1 heterocycles. The Morgan fingerprint density at radius 2 is 1.65 bits per heavy atom. The van der Waals surface area contributed by atoms with E-state index < -0.39 is 11.8 Å². The molecule has 3 rings (SSSR count). The van der Waals surface area contributed by atoms with E-state index in [9.17, 15) is 14.4 Å². The van der Waals surface area contributed by atoms with Gasteiger partial charge in [-0.25, -0.2) is 4.99 Å². The van der Waals surface area contributed by atoms with E-state index in [-0.39, 0.29) is 16.9 Å². The van der Waals surface area contributed by atoms with Crippen LogP contribution in [0.4, 0.5) is 11.4 Å². The van der Waals surface area contributed by atoms with Crippen molar-refractivity contribution in [2.75, 3.05) is 18.0 Å². The summed E-state index contributed by atoms with van der Waals surface area (Å²) in [4.78, 5) is 42.2. The quantitative estimate of drug-likeness (QED) is 0.610. The first-order valence-electron chi connectivity index (χ1n) is 10.1. The van der Waals surface area contributed by atoms with Crippen LogP contribution in [-0.2, 0) is 4.79 Å². The normalized spacial score (nSPS) is 11.4. The molecule has 2 amide bonds. The Morgan fingerprint density at radius 1 is 0.968 bits per heavy atom. The topological polar surface area (TPSA) is 92.0 Å². The van der Waals surface area contributed by atoms with Gasteiger partial charge in [0.2, 0.25) is 11.5 Å². The lowest BCUT2D eigenvalue weighted by Crippen LogP contribution is -2.32. The van der Waals surface area contributed by atoms with E-state index in [1.165, 1.54) is 13.8 Å². The largest absolute Gasteiger partial charge is 0.437 e. The summed E-state index contributed by atoms with van der Waals surface area (Å²) in [6.45, 7) is 8.60. The van der Waals surface area contributed by atoms with Gasteiger partial charge in [0.05, 0.1) is 5.69 Å². The summed E-state index contributed by atoms with van der Waals surface area (Å²) in [7, 11) is 0. The molecular weight excluding hydrogens is 394 g/mol. The van der Waals surface area contributed by atoms with Crippen LogP contribution in [-0.4, -0.2) is 30.7 Å². The van der Waals surface area contributed by atoms with Crippen LogP contribution in [0, 0.1) is 0 Å². The Labute approximate surface area is 180 Å². The number of nitrogens with zero attached hydrogens (tertiary/aromatic N) is 2. The molecule has 0 atom stereocenters. The van der Waals surface area contributed by atoms with Crippen LogP contribution in [0.15, 0.2) is 57.9 Å². The molecule has 0 aliphatic rings. The van der Waals surface area contributed by atoms with Gasteiger partial charge in [-0.05, 0) is 63.2 Å². The van der Waals surface area contributed by atoms with Crippen molar-refractivity contribution in [1.29, 1.82) is 0 Å². The molecule has 0 saturated carbocycles. The molecule has 1 aromatic heterocycles. The lowest BCUT2D eigenvalue weighted by Gasteiger charge is -2.21. The van der Waals surface area contributed by atoms with Gasteiger partial charge in [-0.3, -0.25) is 19.7 Å². The zero-order chi connectivity index (χ0) is 22.5. The maximum Gasteiger partial charge on any atom is 0.263 e. The molecule has 160 valence electrons. The molecule has 2 aromatic carbocycles. The van der Waals surface area contributed by atoms with Gasteiger partial charge in [0.1, 0.15) is 11.1 Å². The van der Waals surface area contributed by atoms with Gasteiger partial charge in [-0.15, -0.1) is 0 Å². The van der Waals surface area contributed by atoms with Crippen molar-refractivity contribution in [1.82, 2.24) is 5.32 Å². The smallest absolute Gasteiger partial charge is 0.263 e. The number of Topliss-reactive ketones (excluding diaryl/α,β-unsaturated/α-hetero) is 1. The van der Waals surface area contributed by atoms with Gasteiger partial charge in [-0.1, -0.05) is 0 Å². The number of benzene rings is 2. The van der Waals surface area contributed by atoms with Crippen LogP contribution in [0.25, 0.3) is 11.0 Å². The molecule has 3 aromatic rings. The Kier molecular flexibility index (Phi) is 6.65. The molecule has 0 spiro atoms. The summed E-state index contributed by atoms with van der Waals surface area (Å²) in [6, 6.07) is 14.1. The Morgan fingerprint density at radius 3 is 2.23 bits per heavy atom. The zero-order valence-electron chi connectivity index (χ0n) is 18.1. The third-order valence-corrected chi connectivity index (χ3v) is 4.90. The number of ketones is 1. The second kappa shape index (κ2) is 9.38. The van der Waals surface area contributed by atoms with Crippen LogP contribution in [0.5, 0.6) is 0 Å². The summed E-state index contributed by atoms with van der Waals surface area (Å²) < 4.78 is 6.02. The fourth-order valence-corrected chi connectivity index (χ4v) is 3.25. The monoisotopic (exact) mass is 419 g/mol. The van der Waals surface area contributed by atoms with E-state index in [0.29, 0.717) is 16.8 Å². The number of carbonyl (C=O) groups excluding carboxylic acids is 3. The average molecular weight is 419 g/mol.